The molecule has 1 aliphatic carbocycles. The highest BCUT2D eigenvalue weighted by Crippen LogP contribution is 2.42. The summed E-state index contributed by atoms with van der Waals surface area (Å²) in [6.07, 6.45) is 3.12. The molecule has 0 aliphatic heterocycles. The Labute approximate surface area is 62.2 Å². The summed E-state index contributed by atoms with van der Waals surface area (Å²) in [5, 5.41) is 8.91. The zero-order valence-electron chi connectivity index (χ0n) is 6.76. The van der Waals surface area contributed by atoms with Crippen molar-refractivity contribution in [2.75, 3.05) is 6.61 Å². The molecule has 2 heteroatoms. The molecule has 1 saturated carbocycles. The van der Waals surface area contributed by atoms with E-state index in [1.807, 2.05) is 0 Å². The van der Waals surface area contributed by atoms with E-state index in [2.05, 4.69) is 6.92 Å². The molecule has 1 atom stereocenters. The van der Waals surface area contributed by atoms with Gasteiger partial charge in [0, 0.05) is 0 Å². The van der Waals surface area contributed by atoms with Gasteiger partial charge in [-0.25, -0.2) is 0 Å². The minimum Gasteiger partial charge on any atom is -0.391 e. The first-order chi connectivity index (χ1) is 4.68. The van der Waals surface area contributed by atoms with Gasteiger partial charge in [-0.05, 0) is 26.2 Å². The first-order valence-corrected chi connectivity index (χ1v) is 4.00. The van der Waals surface area contributed by atoms with E-state index in [0.29, 0.717) is 6.61 Å². The van der Waals surface area contributed by atoms with Crippen LogP contribution >= 0.6 is 0 Å². The Balaban J connectivity index is 2.13. The van der Waals surface area contributed by atoms with E-state index in [9.17, 15) is 0 Å². The molecule has 0 radical (unpaired) electrons. The molecule has 60 valence electrons. The Hall–Kier alpha value is -0.0800. The van der Waals surface area contributed by atoms with Crippen molar-refractivity contribution >= 4 is 0 Å². The van der Waals surface area contributed by atoms with Gasteiger partial charge in [-0.15, -0.1) is 0 Å². The second kappa shape index (κ2) is 2.89. The molecule has 0 amide bonds. The first kappa shape index (κ1) is 8.02. The van der Waals surface area contributed by atoms with Crippen LogP contribution in [0.3, 0.4) is 0 Å². The molecule has 0 bridgehead atoms. The molecule has 1 rings (SSSR count). The minimum absolute atomic E-state index is 0.164. The monoisotopic (exact) mass is 144 g/mol. The van der Waals surface area contributed by atoms with Crippen molar-refractivity contribution in [1.29, 1.82) is 0 Å². The Kier molecular flexibility index (Phi) is 2.32. The summed E-state index contributed by atoms with van der Waals surface area (Å²) in [5.74, 6) is 0. The number of ether oxygens (including phenoxy) is 1. The van der Waals surface area contributed by atoms with Gasteiger partial charge in [0.05, 0.1) is 18.3 Å². The maximum atomic E-state index is 8.91. The molecule has 1 unspecified atom stereocenters. The SMILES string of the molecule is CCC1(OCC(C)O)CC1. The van der Waals surface area contributed by atoms with E-state index in [0.717, 1.165) is 6.42 Å². The van der Waals surface area contributed by atoms with Crippen molar-refractivity contribution in [3.05, 3.63) is 0 Å². The molecular weight excluding hydrogens is 128 g/mol. The van der Waals surface area contributed by atoms with Crippen LogP contribution < -0.4 is 0 Å². The Morgan fingerprint density at radius 1 is 1.60 bits per heavy atom. The van der Waals surface area contributed by atoms with Crippen molar-refractivity contribution in [2.24, 2.45) is 0 Å². The quantitative estimate of drug-likeness (QED) is 0.645. The summed E-state index contributed by atoms with van der Waals surface area (Å²) in [6, 6.07) is 0. The maximum Gasteiger partial charge on any atom is 0.0745 e. The highest BCUT2D eigenvalue weighted by atomic mass is 16.5. The van der Waals surface area contributed by atoms with Gasteiger partial charge in [0.25, 0.3) is 0 Å². The molecule has 10 heavy (non-hydrogen) atoms. The summed E-state index contributed by atoms with van der Waals surface area (Å²) in [6.45, 7) is 4.38. The molecule has 0 saturated heterocycles. The van der Waals surface area contributed by atoms with Gasteiger partial charge in [-0.1, -0.05) is 6.92 Å². The van der Waals surface area contributed by atoms with Crippen LogP contribution in [-0.4, -0.2) is 23.4 Å². The van der Waals surface area contributed by atoms with Gasteiger partial charge in [0.2, 0.25) is 0 Å². The molecule has 2 nitrogen and oxygen atoms in total. The van der Waals surface area contributed by atoms with E-state index in [1.165, 1.54) is 12.8 Å². The van der Waals surface area contributed by atoms with Crippen LogP contribution in [0.15, 0.2) is 0 Å². The topological polar surface area (TPSA) is 29.5 Å². The molecule has 0 aromatic rings. The van der Waals surface area contributed by atoms with Gasteiger partial charge in [-0.3, -0.25) is 0 Å². The van der Waals surface area contributed by atoms with Crippen molar-refractivity contribution < 1.29 is 9.84 Å². The fourth-order valence-electron chi connectivity index (χ4n) is 1.04. The van der Waals surface area contributed by atoms with Crippen LogP contribution in [0.2, 0.25) is 0 Å². The summed E-state index contributed by atoms with van der Waals surface area (Å²) in [4.78, 5) is 0. The second-order valence-corrected chi connectivity index (χ2v) is 3.20. The summed E-state index contributed by atoms with van der Waals surface area (Å²) in [5.41, 5.74) is 0.164. The third kappa shape index (κ3) is 1.96. The number of rotatable bonds is 4. The number of hydrogen-bond donors (Lipinski definition) is 1. The lowest BCUT2D eigenvalue weighted by molar-refractivity contribution is -0.0193. The lowest BCUT2D eigenvalue weighted by atomic mass is 10.2. The van der Waals surface area contributed by atoms with Crippen LogP contribution in [0.25, 0.3) is 0 Å². The minimum atomic E-state index is -0.316. The molecule has 1 N–H and O–H groups in total. The van der Waals surface area contributed by atoms with Crippen LogP contribution in [0, 0.1) is 0 Å². The van der Waals surface area contributed by atoms with Crippen LogP contribution in [-0.2, 0) is 4.74 Å². The fraction of sp³-hybridized carbons (Fsp3) is 1.00. The molecular formula is C8H16O2. The number of hydrogen-bond acceptors (Lipinski definition) is 2. The molecule has 0 aromatic carbocycles. The average Bonchev–Trinajstić information content (AvgIpc) is 2.64. The van der Waals surface area contributed by atoms with Crippen LogP contribution in [0.1, 0.15) is 33.1 Å². The predicted octanol–water partition coefficient (Wildman–Crippen LogP) is 1.33. The largest absolute Gasteiger partial charge is 0.391 e. The van der Waals surface area contributed by atoms with Crippen molar-refractivity contribution in [2.45, 2.75) is 44.8 Å². The van der Waals surface area contributed by atoms with Gasteiger partial charge in [-0.2, -0.15) is 0 Å². The standard InChI is InChI=1S/C8H16O2/c1-3-8(4-5-8)10-6-7(2)9/h7,9H,3-6H2,1-2H3. The normalized spacial score (nSPS) is 24.3. The third-order valence-electron chi connectivity index (χ3n) is 2.08. The molecule has 1 fully saturated rings. The van der Waals surface area contributed by atoms with Gasteiger partial charge >= 0.3 is 0 Å². The Bertz CT molecular complexity index is 106. The van der Waals surface area contributed by atoms with E-state index in [1.54, 1.807) is 6.92 Å². The van der Waals surface area contributed by atoms with Crippen molar-refractivity contribution in [3.8, 4) is 0 Å². The Morgan fingerprint density at radius 3 is 2.50 bits per heavy atom. The zero-order chi connectivity index (χ0) is 7.61. The number of aliphatic hydroxyl groups is 1. The Morgan fingerprint density at radius 2 is 2.20 bits per heavy atom. The second-order valence-electron chi connectivity index (χ2n) is 3.20. The summed E-state index contributed by atoms with van der Waals surface area (Å²) in [7, 11) is 0. The van der Waals surface area contributed by atoms with E-state index in [-0.39, 0.29) is 11.7 Å². The maximum absolute atomic E-state index is 8.91. The van der Waals surface area contributed by atoms with E-state index >= 15 is 0 Å². The lowest BCUT2D eigenvalue weighted by Crippen LogP contribution is -2.19. The predicted molar refractivity (Wildman–Crippen MR) is 39.9 cm³/mol. The van der Waals surface area contributed by atoms with Crippen molar-refractivity contribution in [3.63, 3.8) is 0 Å². The molecule has 0 spiro atoms. The first-order valence-electron chi connectivity index (χ1n) is 4.00. The summed E-state index contributed by atoms with van der Waals surface area (Å²) >= 11 is 0. The van der Waals surface area contributed by atoms with Crippen LogP contribution in [0.5, 0.6) is 0 Å². The lowest BCUT2D eigenvalue weighted by Gasteiger charge is -2.14. The molecule has 1 aliphatic rings. The molecule has 0 heterocycles. The van der Waals surface area contributed by atoms with Crippen molar-refractivity contribution in [1.82, 2.24) is 0 Å². The van der Waals surface area contributed by atoms with Gasteiger partial charge in [0.15, 0.2) is 0 Å². The van der Waals surface area contributed by atoms with E-state index < -0.39 is 0 Å². The third-order valence-corrected chi connectivity index (χ3v) is 2.08. The molecule has 0 aromatic heterocycles. The highest BCUT2D eigenvalue weighted by molar-refractivity contribution is 4.94. The average molecular weight is 144 g/mol. The smallest absolute Gasteiger partial charge is 0.0745 e. The fourth-order valence-corrected chi connectivity index (χ4v) is 1.04. The highest BCUT2D eigenvalue weighted by Gasteiger charge is 2.41. The zero-order valence-corrected chi connectivity index (χ0v) is 6.76. The van der Waals surface area contributed by atoms with Gasteiger partial charge < -0.3 is 9.84 Å². The number of aliphatic hydroxyl groups excluding tert-OH is 1. The summed E-state index contributed by atoms with van der Waals surface area (Å²) < 4.78 is 5.50. The van der Waals surface area contributed by atoms with Crippen LogP contribution in [0.4, 0.5) is 0 Å². The van der Waals surface area contributed by atoms with E-state index in [4.69, 9.17) is 9.84 Å². The van der Waals surface area contributed by atoms with Gasteiger partial charge in [0.1, 0.15) is 0 Å².